The summed E-state index contributed by atoms with van der Waals surface area (Å²) in [7, 11) is 0. The molecule has 5 heteroatoms. The normalized spacial score (nSPS) is 11.3. The van der Waals surface area contributed by atoms with E-state index in [0.717, 1.165) is 0 Å². The Balaban J connectivity index is 3.36. The van der Waals surface area contributed by atoms with E-state index in [-0.39, 0.29) is 0 Å². The second kappa shape index (κ2) is 7.80. The molecule has 0 unspecified atom stereocenters. The summed E-state index contributed by atoms with van der Waals surface area (Å²) in [6.45, 7) is 6.59. The number of aliphatic carboxylic acids is 1. The Kier molecular flexibility index (Phi) is 6.39. The Bertz CT molecular complexity index is 509. The van der Waals surface area contributed by atoms with Gasteiger partial charge < -0.3 is 14.6 Å². The summed E-state index contributed by atoms with van der Waals surface area (Å²) in [4.78, 5) is 10.9. The van der Waals surface area contributed by atoms with Crippen molar-refractivity contribution in [3.63, 3.8) is 0 Å². The molecule has 0 bridgehead atoms. The number of ether oxygens (including phenoxy) is 2. The lowest BCUT2D eigenvalue weighted by Crippen LogP contribution is -2.01. The van der Waals surface area contributed by atoms with Crippen LogP contribution in [0.4, 0.5) is 0 Å². The third kappa shape index (κ3) is 4.17. The van der Waals surface area contributed by atoms with Crippen LogP contribution in [0.25, 0.3) is 5.57 Å². The fourth-order valence-corrected chi connectivity index (χ4v) is 2.06. The van der Waals surface area contributed by atoms with Crippen LogP contribution in [-0.4, -0.2) is 24.3 Å². The molecule has 0 aliphatic carbocycles. The Morgan fingerprint density at radius 3 is 2.30 bits per heavy atom. The minimum absolute atomic E-state index is 0.440. The van der Waals surface area contributed by atoms with Crippen molar-refractivity contribution in [1.82, 2.24) is 0 Å². The van der Waals surface area contributed by atoms with Gasteiger partial charge in [0.05, 0.1) is 18.2 Å². The molecular formula is C15H19ClO4. The standard InChI is InChI=1S/C15H19ClO4/c1-4-10(7-15(17)18)11-8-12(16)14(20-6-3)9-13(11)19-5-2/h7-9H,4-6H2,1-3H3,(H,17,18)/b10-7+. The number of benzene rings is 1. The van der Waals surface area contributed by atoms with Crippen LogP contribution in [0.5, 0.6) is 11.5 Å². The van der Waals surface area contributed by atoms with Gasteiger partial charge in [0.25, 0.3) is 0 Å². The van der Waals surface area contributed by atoms with Crippen molar-refractivity contribution in [1.29, 1.82) is 0 Å². The highest BCUT2D eigenvalue weighted by Crippen LogP contribution is 2.37. The maximum Gasteiger partial charge on any atom is 0.328 e. The molecule has 0 aliphatic heterocycles. The summed E-state index contributed by atoms with van der Waals surface area (Å²) in [5.74, 6) is 0.121. The molecule has 0 saturated heterocycles. The van der Waals surface area contributed by atoms with E-state index < -0.39 is 5.97 Å². The lowest BCUT2D eigenvalue weighted by Gasteiger charge is -2.15. The first-order valence-corrected chi connectivity index (χ1v) is 6.94. The highest BCUT2D eigenvalue weighted by Gasteiger charge is 2.14. The van der Waals surface area contributed by atoms with Crippen LogP contribution in [0.3, 0.4) is 0 Å². The quantitative estimate of drug-likeness (QED) is 0.773. The van der Waals surface area contributed by atoms with Crippen molar-refractivity contribution in [2.75, 3.05) is 13.2 Å². The van der Waals surface area contributed by atoms with Crippen molar-refractivity contribution in [3.05, 3.63) is 28.8 Å². The number of hydrogen-bond acceptors (Lipinski definition) is 3. The van der Waals surface area contributed by atoms with Gasteiger partial charge in [0.1, 0.15) is 11.5 Å². The highest BCUT2D eigenvalue weighted by molar-refractivity contribution is 6.32. The minimum Gasteiger partial charge on any atom is -0.493 e. The lowest BCUT2D eigenvalue weighted by molar-refractivity contribution is -0.131. The molecular weight excluding hydrogens is 280 g/mol. The first-order chi connectivity index (χ1) is 9.53. The van der Waals surface area contributed by atoms with Crippen LogP contribution in [-0.2, 0) is 4.79 Å². The molecule has 20 heavy (non-hydrogen) atoms. The van der Waals surface area contributed by atoms with E-state index in [2.05, 4.69) is 0 Å². The summed E-state index contributed by atoms with van der Waals surface area (Å²) < 4.78 is 11.0. The molecule has 0 atom stereocenters. The Morgan fingerprint density at radius 2 is 1.80 bits per heavy atom. The lowest BCUT2D eigenvalue weighted by atomic mass is 10.0. The van der Waals surface area contributed by atoms with Crippen LogP contribution in [0, 0.1) is 0 Å². The zero-order valence-electron chi connectivity index (χ0n) is 11.9. The van der Waals surface area contributed by atoms with Gasteiger partial charge in [-0.15, -0.1) is 0 Å². The van der Waals surface area contributed by atoms with E-state index in [1.54, 1.807) is 12.1 Å². The van der Waals surface area contributed by atoms with E-state index in [1.807, 2.05) is 20.8 Å². The van der Waals surface area contributed by atoms with Crippen molar-refractivity contribution in [2.24, 2.45) is 0 Å². The average molecular weight is 299 g/mol. The van der Waals surface area contributed by atoms with E-state index in [4.69, 9.17) is 26.2 Å². The SMILES string of the molecule is CCOc1cc(OCC)c(/C(=C/C(=O)O)CC)cc1Cl. The molecule has 1 N–H and O–H groups in total. The van der Waals surface area contributed by atoms with E-state index in [0.29, 0.717) is 47.3 Å². The molecule has 0 amide bonds. The third-order valence-corrected chi connectivity index (χ3v) is 2.95. The predicted octanol–water partition coefficient (Wildman–Crippen LogP) is 4.02. The minimum atomic E-state index is -0.991. The fourth-order valence-electron chi connectivity index (χ4n) is 1.85. The van der Waals surface area contributed by atoms with Gasteiger partial charge in [-0.2, -0.15) is 0 Å². The van der Waals surface area contributed by atoms with Gasteiger partial charge >= 0.3 is 5.97 Å². The van der Waals surface area contributed by atoms with Gasteiger partial charge in [-0.1, -0.05) is 18.5 Å². The first-order valence-electron chi connectivity index (χ1n) is 6.56. The van der Waals surface area contributed by atoms with Gasteiger partial charge in [-0.3, -0.25) is 0 Å². The topological polar surface area (TPSA) is 55.8 Å². The number of carboxylic acid groups (broad SMARTS) is 1. The Hall–Kier alpha value is -1.68. The number of rotatable bonds is 7. The maximum atomic E-state index is 10.9. The molecule has 0 aromatic heterocycles. The number of hydrogen-bond donors (Lipinski definition) is 1. The third-order valence-electron chi connectivity index (χ3n) is 2.66. The smallest absolute Gasteiger partial charge is 0.328 e. The second-order valence-electron chi connectivity index (χ2n) is 4.01. The van der Waals surface area contributed by atoms with Crippen LogP contribution in [0.2, 0.25) is 5.02 Å². The zero-order valence-corrected chi connectivity index (χ0v) is 12.7. The molecule has 0 fully saturated rings. The molecule has 4 nitrogen and oxygen atoms in total. The van der Waals surface area contributed by atoms with Crippen molar-refractivity contribution >= 4 is 23.1 Å². The summed E-state index contributed by atoms with van der Waals surface area (Å²) in [6, 6.07) is 3.39. The van der Waals surface area contributed by atoms with Crippen LogP contribution >= 0.6 is 11.6 Å². The Labute approximate surface area is 124 Å². The first kappa shape index (κ1) is 16.4. The fraction of sp³-hybridized carbons (Fsp3) is 0.400. The van der Waals surface area contributed by atoms with Gasteiger partial charge in [0.15, 0.2) is 0 Å². The monoisotopic (exact) mass is 298 g/mol. The van der Waals surface area contributed by atoms with Crippen molar-refractivity contribution in [2.45, 2.75) is 27.2 Å². The van der Waals surface area contributed by atoms with Crippen LogP contribution in [0.15, 0.2) is 18.2 Å². The molecule has 0 heterocycles. The molecule has 0 spiro atoms. The summed E-state index contributed by atoms with van der Waals surface area (Å²) in [5.41, 5.74) is 1.34. The van der Waals surface area contributed by atoms with Gasteiger partial charge in [0.2, 0.25) is 0 Å². The average Bonchev–Trinajstić information content (AvgIpc) is 2.40. The number of carbonyl (C=O) groups is 1. The molecule has 1 aromatic rings. The number of carboxylic acids is 1. The summed E-state index contributed by atoms with van der Waals surface area (Å²) >= 11 is 6.16. The molecule has 1 aromatic carbocycles. The zero-order chi connectivity index (χ0) is 15.1. The molecule has 0 radical (unpaired) electrons. The molecule has 110 valence electrons. The number of halogens is 1. The van der Waals surface area contributed by atoms with E-state index in [9.17, 15) is 4.79 Å². The summed E-state index contributed by atoms with van der Waals surface area (Å²) in [5, 5.41) is 9.37. The van der Waals surface area contributed by atoms with Crippen LogP contribution < -0.4 is 9.47 Å². The van der Waals surface area contributed by atoms with Crippen molar-refractivity contribution < 1.29 is 19.4 Å². The largest absolute Gasteiger partial charge is 0.493 e. The second-order valence-corrected chi connectivity index (χ2v) is 4.41. The molecule has 0 aliphatic rings. The molecule has 1 rings (SSSR count). The van der Waals surface area contributed by atoms with E-state index in [1.165, 1.54) is 6.08 Å². The van der Waals surface area contributed by atoms with E-state index >= 15 is 0 Å². The molecule has 0 saturated carbocycles. The number of allylic oxidation sites excluding steroid dienone is 1. The van der Waals surface area contributed by atoms with Crippen LogP contribution in [0.1, 0.15) is 32.8 Å². The van der Waals surface area contributed by atoms with Gasteiger partial charge in [0, 0.05) is 17.7 Å². The van der Waals surface area contributed by atoms with Crippen molar-refractivity contribution in [3.8, 4) is 11.5 Å². The van der Waals surface area contributed by atoms with Gasteiger partial charge in [-0.05, 0) is 31.9 Å². The maximum absolute atomic E-state index is 10.9. The Morgan fingerprint density at radius 1 is 1.20 bits per heavy atom. The predicted molar refractivity (Wildman–Crippen MR) is 79.7 cm³/mol. The van der Waals surface area contributed by atoms with Gasteiger partial charge in [-0.25, -0.2) is 4.79 Å². The highest BCUT2D eigenvalue weighted by atomic mass is 35.5. The summed E-state index contributed by atoms with van der Waals surface area (Å²) in [6.07, 6.45) is 1.74.